The maximum atomic E-state index is 4.13. The van der Waals surface area contributed by atoms with Crippen molar-refractivity contribution in [1.29, 1.82) is 0 Å². The lowest BCUT2D eigenvalue weighted by Crippen LogP contribution is -1.91. The highest BCUT2D eigenvalue weighted by Crippen LogP contribution is 2.14. The molecule has 88 valence electrons. The molecule has 0 aliphatic heterocycles. The van der Waals surface area contributed by atoms with Crippen LogP contribution in [0.25, 0.3) is 0 Å². The Kier molecular flexibility index (Phi) is 3.88. The van der Waals surface area contributed by atoms with Gasteiger partial charge in [-0.25, -0.2) is 4.98 Å². The van der Waals surface area contributed by atoms with Crippen molar-refractivity contribution in [3.05, 3.63) is 47.0 Å². The normalized spacial score (nSPS) is 11.2. The molecule has 0 saturated carbocycles. The summed E-state index contributed by atoms with van der Waals surface area (Å²) >= 11 is 1.53. The Morgan fingerprint density at radius 3 is 2.65 bits per heavy atom. The molecule has 0 amide bonds. The lowest BCUT2D eigenvalue weighted by molar-refractivity contribution is 0.866. The average Bonchev–Trinajstić information content (AvgIpc) is 2.83. The largest absolute Gasteiger partial charge is 0.253 e. The predicted octanol–water partition coefficient (Wildman–Crippen LogP) is 3.71. The molecule has 1 aromatic carbocycles. The van der Waals surface area contributed by atoms with E-state index in [4.69, 9.17) is 0 Å². The summed E-state index contributed by atoms with van der Waals surface area (Å²) in [5, 5.41) is 6.85. The summed E-state index contributed by atoms with van der Waals surface area (Å²) in [7, 11) is 0. The van der Waals surface area contributed by atoms with E-state index in [9.17, 15) is 0 Å². The van der Waals surface area contributed by atoms with E-state index in [1.807, 2.05) is 5.38 Å². The molecule has 2 aromatic rings. The molecule has 4 heteroatoms. The van der Waals surface area contributed by atoms with Gasteiger partial charge in [0.1, 0.15) is 0 Å². The van der Waals surface area contributed by atoms with Crippen LogP contribution in [0, 0.1) is 0 Å². The van der Waals surface area contributed by atoms with E-state index in [0.29, 0.717) is 5.92 Å². The molecule has 0 spiro atoms. The Labute approximate surface area is 105 Å². The minimum absolute atomic E-state index is 0.564. The van der Waals surface area contributed by atoms with Crippen LogP contribution in [0.4, 0.5) is 5.13 Å². The highest BCUT2D eigenvalue weighted by atomic mass is 32.1. The number of thiazole rings is 1. The summed E-state index contributed by atoms with van der Waals surface area (Å²) < 4.78 is 0. The molecular weight excluding hydrogens is 230 g/mol. The van der Waals surface area contributed by atoms with E-state index in [0.717, 1.165) is 10.7 Å². The van der Waals surface area contributed by atoms with Gasteiger partial charge in [-0.3, -0.25) is 5.43 Å². The second kappa shape index (κ2) is 5.59. The number of hydrogen-bond donors (Lipinski definition) is 1. The van der Waals surface area contributed by atoms with Gasteiger partial charge in [-0.2, -0.15) is 5.10 Å². The lowest BCUT2D eigenvalue weighted by Gasteiger charge is -2.04. The van der Waals surface area contributed by atoms with E-state index >= 15 is 0 Å². The van der Waals surface area contributed by atoms with Gasteiger partial charge in [-0.05, 0) is 17.0 Å². The topological polar surface area (TPSA) is 37.3 Å². The Bertz CT molecular complexity index is 472. The summed E-state index contributed by atoms with van der Waals surface area (Å²) in [6.07, 6.45) is 3.55. The average molecular weight is 245 g/mol. The number of hydrazone groups is 1. The SMILES string of the molecule is CC(C)c1ccc(C=NNc2nccs2)cc1. The van der Waals surface area contributed by atoms with Crippen molar-refractivity contribution in [3.8, 4) is 0 Å². The first-order valence-electron chi connectivity index (χ1n) is 5.54. The molecule has 0 saturated heterocycles. The van der Waals surface area contributed by atoms with Gasteiger partial charge in [0.25, 0.3) is 0 Å². The number of nitrogens with zero attached hydrogens (tertiary/aromatic N) is 2. The lowest BCUT2D eigenvalue weighted by atomic mass is 10.0. The zero-order chi connectivity index (χ0) is 12.1. The van der Waals surface area contributed by atoms with Gasteiger partial charge in [-0.1, -0.05) is 38.1 Å². The molecular formula is C13H15N3S. The molecule has 2 rings (SSSR count). The number of aromatic nitrogens is 1. The molecule has 0 aliphatic rings. The molecule has 0 radical (unpaired) electrons. The van der Waals surface area contributed by atoms with Gasteiger partial charge in [0.15, 0.2) is 0 Å². The Morgan fingerprint density at radius 2 is 2.06 bits per heavy atom. The van der Waals surface area contributed by atoms with Crippen molar-refractivity contribution >= 4 is 22.7 Å². The first-order chi connectivity index (χ1) is 8.25. The van der Waals surface area contributed by atoms with Crippen molar-refractivity contribution in [2.75, 3.05) is 5.43 Å². The van der Waals surface area contributed by atoms with Crippen molar-refractivity contribution in [3.63, 3.8) is 0 Å². The highest BCUT2D eigenvalue weighted by molar-refractivity contribution is 7.13. The molecule has 1 heterocycles. The number of benzene rings is 1. The molecule has 0 atom stereocenters. The van der Waals surface area contributed by atoms with Crippen LogP contribution < -0.4 is 5.43 Å². The van der Waals surface area contributed by atoms with Crippen LogP contribution in [-0.4, -0.2) is 11.2 Å². The van der Waals surface area contributed by atoms with Crippen LogP contribution in [0.2, 0.25) is 0 Å². The number of anilines is 1. The third kappa shape index (κ3) is 3.39. The molecule has 17 heavy (non-hydrogen) atoms. The minimum atomic E-state index is 0.564. The summed E-state index contributed by atoms with van der Waals surface area (Å²) in [6, 6.07) is 8.41. The molecule has 0 fully saturated rings. The summed E-state index contributed by atoms with van der Waals surface area (Å²) in [4.78, 5) is 4.08. The second-order valence-corrected chi connectivity index (χ2v) is 4.92. The molecule has 0 bridgehead atoms. The molecule has 3 nitrogen and oxygen atoms in total. The molecule has 0 unspecified atom stereocenters. The van der Waals surface area contributed by atoms with E-state index in [1.54, 1.807) is 12.4 Å². The fourth-order valence-electron chi connectivity index (χ4n) is 1.41. The van der Waals surface area contributed by atoms with Gasteiger partial charge in [-0.15, -0.1) is 11.3 Å². The van der Waals surface area contributed by atoms with Crippen LogP contribution in [-0.2, 0) is 0 Å². The minimum Gasteiger partial charge on any atom is -0.253 e. The Balaban J connectivity index is 1.96. The fourth-order valence-corrected chi connectivity index (χ4v) is 1.89. The third-order valence-electron chi connectivity index (χ3n) is 2.41. The standard InChI is InChI=1S/C13H15N3S/c1-10(2)12-5-3-11(4-6-12)9-15-16-13-14-7-8-17-13/h3-10H,1-2H3,(H,14,16). The van der Waals surface area contributed by atoms with E-state index in [2.05, 4.69) is 53.6 Å². The van der Waals surface area contributed by atoms with Crippen LogP contribution in [0.1, 0.15) is 30.9 Å². The monoisotopic (exact) mass is 245 g/mol. The molecule has 0 aliphatic carbocycles. The maximum Gasteiger partial charge on any atom is 0.203 e. The Morgan fingerprint density at radius 1 is 1.29 bits per heavy atom. The third-order valence-corrected chi connectivity index (χ3v) is 3.09. The van der Waals surface area contributed by atoms with Gasteiger partial charge in [0.05, 0.1) is 6.21 Å². The number of hydrogen-bond acceptors (Lipinski definition) is 4. The van der Waals surface area contributed by atoms with Crippen molar-refractivity contribution in [1.82, 2.24) is 4.98 Å². The van der Waals surface area contributed by atoms with Gasteiger partial charge in [0, 0.05) is 11.6 Å². The van der Waals surface area contributed by atoms with E-state index in [1.165, 1.54) is 16.9 Å². The second-order valence-electron chi connectivity index (χ2n) is 4.03. The van der Waals surface area contributed by atoms with Gasteiger partial charge >= 0.3 is 0 Å². The number of nitrogens with one attached hydrogen (secondary N) is 1. The summed E-state index contributed by atoms with van der Waals surface area (Å²) in [5.41, 5.74) is 5.31. The highest BCUT2D eigenvalue weighted by Gasteiger charge is 1.97. The predicted molar refractivity (Wildman–Crippen MR) is 73.9 cm³/mol. The van der Waals surface area contributed by atoms with Crippen molar-refractivity contribution in [2.24, 2.45) is 5.10 Å². The zero-order valence-electron chi connectivity index (χ0n) is 9.92. The first-order valence-corrected chi connectivity index (χ1v) is 6.42. The summed E-state index contributed by atoms with van der Waals surface area (Å²) in [6.45, 7) is 4.38. The number of rotatable bonds is 4. The van der Waals surface area contributed by atoms with E-state index < -0.39 is 0 Å². The van der Waals surface area contributed by atoms with Crippen LogP contribution in [0.3, 0.4) is 0 Å². The summed E-state index contributed by atoms with van der Waals surface area (Å²) in [5.74, 6) is 0.564. The van der Waals surface area contributed by atoms with Crippen LogP contribution in [0.15, 0.2) is 40.9 Å². The Hall–Kier alpha value is -1.68. The van der Waals surface area contributed by atoms with Crippen molar-refractivity contribution in [2.45, 2.75) is 19.8 Å². The van der Waals surface area contributed by atoms with Crippen molar-refractivity contribution < 1.29 is 0 Å². The van der Waals surface area contributed by atoms with Gasteiger partial charge in [0.2, 0.25) is 5.13 Å². The quantitative estimate of drug-likeness (QED) is 0.658. The first kappa shape index (κ1) is 11.8. The smallest absolute Gasteiger partial charge is 0.203 e. The fraction of sp³-hybridized carbons (Fsp3) is 0.231. The zero-order valence-corrected chi connectivity index (χ0v) is 10.7. The van der Waals surface area contributed by atoms with Crippen LogP contribution >= 0.6 is 11.3 Å². The van der Waals surface area contributed by atoms with Gasteiger partial charge < -0.3 is 0 Å². The molecule has 1 N–H and O–H groups in total. The van der Waals surface area contributed by atoms with E-state index in [-0.39, 0.29) is 0 Å². The molecule has 1 aromatic heterocycles. The van der Waals surface area contributed by atoms with Crippen LogP contribution in [0.5, 0.6) is 0 Å². The maximum absolute atomic E-state index is 4.13.